The largest absolute Gasteiger partial charge is 0.486 e. The maximum Gasteiger partial charge on any atom is 0.200 e. The molecular formula is C14H21F2NO. The Labute approximate surface area is 107 Å². The molecule has 0 fully saturated rings. The Morgan fingerprint density at radius 3 is 2.78 bits per heavy atom. The van der Waals surface area contributed by atoms with Crippen molar-refractivity contribution in [1.82, 2.24) is 5.32 Å². The van der Waals surface area contributed by atoms with Crippen LogP contribution in [0.1, 0.15) is 33.1 Å². The Morgan fingerprint density at radius 1 is 1.28 bits per heavy atom. The van der Waals surface area contributed by atoms with Crippen LogP contribution in [-0.4, -0.2) is 19.2 Å². The summed E-state index contributed by atoms with van der Waals surface area (Å²) < 4.78 is 31.6. The highest BCUT2D eigenvalue weighted by atomic mass is 19.2. The van der Waals surface area contributed by atoms with Crippen LogP contribution in [-0.2, 0) is 0 Å². The van der Waals surface area contributed by atoms with Gasteiger partial charge in [-0.1, -0.05) is 25.8 Å². The van der Waals surface area contributed by atoms with Crippen LogP contribution in [0.3, 0.4) is 0 Å². The van der Waals surface area contributed by atoms with Crippen LogP contribution in [0.15, 0.2) is 18.2 Å². The summed E-state index contributed by atoms with van der Waals surface area (Å²) in [6.07, 6.45) is 3.31. The third-order valence-corrected chi connectivity index (χ3v) is 2.63. The average Bonchev–Trinajstić information content (AvgIpc) is 2.35. The first-order valence-corrected chi connectivity index (χ1v) is 6.46. The monoisotopic (exact) mass is 257 g/mol. The summed E-state index contributed by atoms with van der Waals surface area (Å²) in [5.41, 5.74) is 0. The lowest BCUT2D eigenvalue weighted by atomic mass is 10.2. The Balaban J connectivity index is 2.31. The number of ether oxygens (including phenoxy) is 1. The smallest absolute Gasteiger partial charge is 0.200 e. The molecule has 0 radical (unpaired) electrons. The molecule has 102 valence electrons. The topological polar surface area (TPSA) is 21.3 Å². The maximum atomic E-state index is 13.3. The van der Waals surface area contributed by atoms with Crippen LogP contribution < -0.4 is 10.1 Å². The predicted octanol–water partition coefficient (Wildman–Crippen LogP) is 3.51. The lowest BCUT2D eigenvalue weighted by Crippen LogP contribution is -2.29. The van der Waals surface area contributed by atoms with Gasteiger partial charge in [0.15, 0.2) is 11.6 Å². The molecule has 0 amide bonds. The third-order valence-electron chi connectivity index (χ3n) is 2.63. The van der Waals surface area contributed by atoms with Crippen molar-refractivity contribution in [1.29, 1.82) is 0 Å². The zero-order chi connectivity index (χ0) is 13.4. The van der Waals surface area contributed by atoms with Crippen molar-refractivity contribution >= 4 is 0 Å². The average molecular weight is 257 g/mol. The second-order valence-corrected chi connectivity index (χ2v) is 4.39. The number of rotatable bonds is 8. The van der Waals surface area contributed by atoms with Crippen LogP contribution in [0.2, 0.25) is 0 Å². The van der Waals surface area contributed by atoms with Crippen LogP contribution in [0.25, 0.3) is 0 Å². The van der Waals surface area contributed by atoms with Crippen molar-refractivity contribution < 1.29 is 13.5 Å². The van der Waals surface area contributed by atoms with E-state index in [1.165, 1.54) is 25.0 Å². The molecule has 18 heavy (non-hydrogen) atoms. The van der Waals surface area contributed by atoms with E-state index in [1.54, 1.807) is 0 Å². The molecular weight excluding hydrogens is 236 g/mol. The first-order chi connectivity index (χ1) is 8.65. The van der Waals surface area contributed by atoms with Gasteiger partial charge in [-0.25, -0.2) is 4.39 Å². The Bertz CT molecular complexity index is 358. The number of hydrogen-bond acceptors (Lipinski definition) is 2. The first-order valence-electron chi connectivity index (χ1n) is 6.46. The van der Waals surface area contributed by atoms with Gasteiger partial charge in [0.2, 0.25) is 5.82 Å². The third kappa shape index (κ3) is 5.00. The quantitative estimate of drug-likeness (QED) is 0.719. The van der Waals surface area contributed by atoms with Crippen LogP contribution in [0.4, 0.5) is 8.78 Å². The van der Waals surface area contributed by atoms with Crippen molar-refractivity contribution in [3.05, 3.63) is 29.8 Å². The van der Waals surface area contributed by atoms with Gasteiger partial charge in [0.1, 0.15) is 6.10 Å². The number of nitrogens with one attached hydrogen (secondary N) is 1. The predicted molar refractivity (Wildman–Crippen MR) is 68.8 cm³/mol. The molecule has 0 heterocycles. The summed E-state index contributed by atoms with van der Waals surface area (Å²) in [5.74, 6) is -1.83. The molecule has 0 aliphatic carbocycles. The SMILES string of the molecule is CCCCCNCC(C)Oc1cccc(F)c1F. The van der Waals surface area contributed by atoms with Gasteiger partial charge < -0.3 is 10.1 Å². The molecule has 1 aromatic rings. The normalized spacial score (nSPS) is 12.4. The van der Waals surface area contributed by atoms with Gasteiger partial charge in [0, 0.05) is 6.54 Å². The molecule has 1 rings (SSSR count). The summed E-state index contributed by atoms with van der Waals surface area (Å²) in [5, 5.41) is 3.23. The summed E-state index contributed by atoms with van der Waals surface area (Å²) in [4.78, 5) is 0. The molecule has 4 heteroatoms. The molecule has 2 nitrogen and oxygen atoms in total. The van der Waals surface area contributed by atoms with Gasteiger partial charge in [-0.2, -0.15) is 4.39 Å². The summed E-state index contributed by atoms with van der Waals surface area (Å²) in [7, 11) is 0. The van der Waals surface area contributed by atoms with Crippen molar-refractivity contribution in [2.75, 3.05) is 13.1 Å². The molecule has 0 aromatic heterocycles. The van der Waals surface area contributed by atoms with E-state index >= 15 is 0 Å². The van der Waals surface area contributed by atoms with Crippen LogP contribution in [0.5, 0.6) is 5.75 Å². The summed E-state index contributed by atoms with van der Waals surface area (Å²) in [6.45, 7) is 5.53. The molecule has 1 aromatic carbocycles. The van der Waals surface area contributed by atoms with Crippen molar-refractivity contribution in [2.24, 2.45) is 0 Å². The molecule has 0 bridgehead atoms. The standard InChI is InChI=1S/C14H21F2NO/c1-3-4-5-9-17-10-11(2)18-13-8-6-7-12(15)14(13)16/h6-8,11,17H,3-5,9-10H2,1-2H3. The van der Waals surface area contributed by atoms with Gasteiger partial charge in [-0.15, -0.1) is 0 Å². The highest BCUT2D eigenvalue weighted by Crippen LogP contribution is 2.20. The number of benzene rings is 1. The van der Waals surface area contributed by atoms with E-state index < -0.39 is 11.6 Å². The molecule has 0 aliphatic rings. The second kappa shape index (κ2) is 8.03. The summed E-state index contributed by atoms with van der Waals surface area (Å²) in [6, 6.07) is 3.96. The highest BCUT2D eigenvalue weighted by molar-refractivity contribution is 5.25. The summed E-state index contributed by atoms with van der Waals surface area (Å²) >= 11 is 0. The zero-order valence-corrected chi connectivity index (χ0v) is 11.0. The Hall–Kier alpha value is -1.16. The Morgan fingerprint density at radius 2 is 2.06 bits per heavy atom. The van der Waals surface area contributed by atoms with E-state index in [0.29, 0.717) is 6.54 Å². The molecule has 0 saturated carbocycles. The van der Waals surface area contributed by atoms with Gasteiger partial charge in [-0.05, 0) is 32.0 Å². The number of hydrogen-bond donors (Lipinski definition) is 1. The van der Waals surface area contributed by atoms with E-state index in [2.05, 4.69) is 12.2 Å². The lowest BCUT2D eigenvalue weighted by molar-refractivity contribution is 0.205. The van der Waals surface area contributed by atoms with Gasteiger partial charge in [0.05, 0.1) is 0 Å². The zero-order valence-electron chi connectivity index (χ0n) is 11.0. The van der Waals surface area contributed by atoms with Gasteiger partial charge in [0.25, 0.3) is 0 Å². The van der Waals surface area contributed by atoms with E-state index in [-0.39, 0.29) is 11.9 Å². The fourth-order valence-electron chi connectivity index (χ4n) is 1.64. The van der Waals surface area contributed by atoms with Crippen LogP contribution in [0, 0.1) is 11.6 Å². The molecule has 0 spiro atoms. The minimum atomic E-state index is -0.921. The fraction of sp³-hybridized carbons (Fsp3) is 0.571. The second-order valence-electron chi connectivity index (χ2n) is 4.39. The maximum absolute atomic E-state index is 13.3. The molecule has 0 aliphatic heterocycles. The highest BCUT2D eigenvalue weighted by Gasteiger charge is 2.11. The minimum absolute atomic E-state index is 0.0298. The van der Waals surface area contributed by atoms with Gasteiger partial charge in [-0.3, -0.25) is 0 Å². The van der Waals surface area contributed by atoms with Crippen molar-refractivity contribution in [3.63, 3.8) is 0 Å². The first kappa shape index (κ1) is 14.9. The van der Waals surface area contributed by atoms with Crippen molar-refractivity contribution in [2.45, 2.75) is 39.2 Å². The van der Waals surface area contributed by atoms with Gasteiger partial charge >= 0.3 is 0 Å². The molecule has 1 atom stereocenters. The van der Waals surface area contributed by atoms with Crippen molar-refractivity contribution in [3.8, 4) is 5.75 Å². The Kier molecular flexibility index (Phi) is 6.65. The minimum Gasteiger partial charge on any atom is -0.486 e. The fourth-order valence-corrected chi connectivity index (χ4v) is 1.64. The van der Waals surface area contributed by atoms with E-state index in [1.807, 2.05) is 6.92 Å². The van der Waals surface area contributed by atoms with E-state index in [0.717, 1.165) is 19.0 Å². The van der Waals surface area contributed by atoms with E-state index in [9.17, 15) is 8.78 Å². The number of halogens is 2. The number of unbranched alkanes of at least 4 members (excludes halogenated alkanes) is 2. The molecule has 1 unspecified atom stereocenters. The van der Waals surface area contributed by atoms with E-state index in [4.69, 9.17) is 4.74 Å². The molecule has 0 saturated heterocycles. The van der Waals surface area contributed by atoms with Crippen LogP contribution >= 0.6 is 0 Å². The lowest BCUT2D eigenvalue weighted by Gasteiger charge is -2.16. The molecule has 1 N–H and O–H groups in total.